The van der Waals surface area contributed by atoms with Gasteiger partial charge in [0.15, 0.2) is 0 Å². The van der Waals surface area contributed by atoms with Crippen molar-refractivity contribution in [1.82, 2.24) is 0 Å². The van der Waals surface area contributed by atoms with Gasteiger partial charge < -0.3 is 4.55 Å². The van der Waals surface area contributed by atoms with Crippen LogP contribution < -0.4 is 29.6 Å². The SMILES string of the molecule is Cc1c([N+](=O)[O-])cc(S(=O)[O-])c(C)c1[N+](=O)[O-].[Na+]. The molecule has 0 N–H and O–H groups in total. The predicted octanol–water partition coefficient (Wildman–Crippen LogP) is -1.64. The van der Waals surface area contributed by atoms with E-state index in [1.165, 1.54) is 13.8 Å². The second kappa shape index (κ2) is 6.34. The summed E-state index contributed by atoms with van der Waals surface area (Å²) in [6, 6.07) is 0.820. The molecule has 0 aliphatic heterocycles. The maximum atomic E-state index is 10.8. The third kappa shape index (κ3) is 3.12. The first-order chi connectivity index (χ1) is 7.77. The molecule has 0 amide bonds. The van der Waals surface area contributed by atoms with E-state index in [0.717, 1.165) is 6.07 Å². The molecule has 0 radical (unpaired) electrons. The van der Waals surface area contributed by atoms with Gasteiger partial charge in [-0.3, -0.25) is 24.4 Å². The summed E-state index contributed by atoms with van der Waals surface area (Å²) < 4.78 is 21.7. The molecule has 0 bridgehead atoms. The molecule has 0 saturated heterocycles. The summed E-state index contributed by atoms with van der Waals surface area (Å²) in [5, 5.41) is 21.4. The third-order valence-electron chi connectivity index (χ3n) is 2.29. The molecule has 0 aliphatic carbocycles. The fourth-order valence-electron chi connectivity index (χ4n) is 1.50. The molecule has 0 aliphatic rings. The molecule has 0 heterocycles. The first-order valence-electron chi connectivity index (χ1n) is 4.29. The Hall–Kier alpha value is -0.870. The summed E-state index contributed by atoms with van der Waals surface area (Å²) >= 11 is -2.76. The zero-order valence-corrected chi connectivity index (χ0v) is 12.6. The molecule has 10 heteroatoms. The third-order valence-corrected chi connectivity index (χ3v) is 3.07. The predicted molar refractivity (Wildman–Crippen MR) is 56.4 cm³/mol. The molecule has 1 unspecified atom stereocenters. The van der Waals surface area contributed by atoms with Gasteiger partial charge in [0.1, 0.15) is 5.56 Å². The van der Waals surface area contributed by atoms with Crippen LogP contribution in [0.15, 0.2) is 11.0 Å². The van der Waals surface area contributed by atoms with Crippen molar-refractivity contribution < 1.29 is 48.2 Å². The first kappa shape index (κ1) is 17.1. The van der Waals surface area contributed by atoms with Gasteiger partial charge in [0.25, 0.3) is 11.4 Å². The number of nitro groups is 2. The number of hydrogen-bond donors (Lipinski definition) is 0. The van der Waals surface area contributed by atoms with Gasteiger partial charge in [0.2, 0.25) is 0 Å². The Bertz CT molecular complexity index is 509. The molecule has 0 fully saturated rings. The molecular formula is C8H7N2NaO6S. The standard InChI is InChI=1S/C8H8N2O6S.Na/c1-4-6(9(11)12)3-7(17(15)16)5(2)8(4)10(13)14;/h3H,1-2H3,(H,15,16);/q;+1/p-1. The minimum absolute atomic E-state index is 0. The maximum absolute atomic E-state index is 10.8. The fourth-order valence-corrected chi connectivity index (χ4v) is 2.05. The molecule has 0 aromatic heterocycles. The molecule has 1 aromatic carbocycles. The van der Waals surface area contributed by atoms with Crippen LogP contribution in [0.1, 0.15) is 11.1 Å². The minimum atomic E-state index is -2.76. The van der Waals surface area contributed by atoms with E-state index >= 15 is 0 Å². The summed E-state index contributed by atoms with van der Waals surface area (Å²) in [6.07, 6.45) is 0. The number of benzene rings is 1. The van der Waals surface area contributed by atoms with Crippen LogP contribution in [0.25, 0.3) is 0 Å². The largest absolute Gasteiger partial charge is 1.00 e. The second-order valence-electron chi connectivity index (χ2n) is 3.24. The van der Waals surface area contributed by atoms with Crippen molar-refractivity contribution in [3.63, 3.8) is 0 Å². The number of rotatable bonds is 3. The number of nitrogens with zero attached hydrogens (tertiary/aromatic N) is 2. The van der Waals surface area contributed by atoms with Crippen LogP contribution in [0.3, 0.4) is 0 Å². The average Bonchev–Trinajstić information content (AvgIpc) is 2.15. The molecule has 8 nitrogen and oxygen atoms in total. The number of nitro benzene ring substituents is 2. The Kier molecular flexibility index (Phi) is 6.04. The van der Waals surface area contributed by atoms with Crippen molar-refractivity contribution in [2.24, 2.45) is 0 Å². The smallest absolute Gasteiger partial charge is 0.768 e. The Balaban J connectivity index is 0.00000289. The van der Waals surface area contributed by atoms with Crippen molar-refractivity contribution in [1.29, 1.82) is 0 Å². The van der Waals surface area contributed by atoms with Crippen LogP contribution in [-0.4, -0.2) is 18.6 Å². The van der Waals surface area contributed by atoms with Gasteiger partial charge in [-0.2, -0.15) is 0 Å². The van der Waals surface area contributed by atoms with Crippen molar-refractivity contribution in [2.45, 2.75) is 18.7 Å². The quantitative estimate of drug-likeness (QED) is 0.283. The van der Waals surface area contributed by atoms with E-state index in [0.29, 0.717) is 0 Å². The van der Waals surface area contributed by atoms with Crippen molar-refractivity contribution in [2.75, 3.05) is 0 Å². The zero-order valence-electron chi connectivity index (χ0n) is 9.83. The Labute approximate surface area is 126 Å². The number of hydrogen-bond acceptors (Lipinski definition) is 6. The normalized spacial score (nSPS) is 11.5. The van der Waals surface area contributed by atoms with E-state index < -0.39 is 37.2 Å². The molecule has 0 spiro atoms. The van der Waals surface area contributed by atoms with Gasteiger partial charge in [-0.1, -0.05) is 0 Å². The van der Waals surface area contributed by atoms with E-state index in [2.05, 4.69) is 0 Å². The summed E-state index contributed by atoms with van der Waals surface area (Å²) in [6.45, 7) is 2.45. The zero-order chi connectivity index (χ0) is 13.3. The van der Waals surface area contributed by atoms with E-state index in [9.17, 15) is 29.0 Å². The van der Waals surface area contributed by atoms with Gasteiger partial charge in [-0.05, 0) is 24.9 Å². The van der Waals surface area contributed by atoms with Gasteiger partial charge in [0, 0.05) is 16.5 Å². The van der Waals surface area contributed by atoms with Crippen LogP contribution in [-0.2, 0) is 11.1 Å². The van der Waals surface area contributed by atoms with E-state index in [-0.39, 0.29) is 40.7 Å². The van der Waals surface area contributed by atoms with E-state index in [1.807, 2.05) is 0 Å². The first-order valence-corrected chi connectivity index (χ1v) is 5.37. The molecule has 1 aromatic rings. The van der Waals surface area contributed by atoms with Crippen LogP contribution in [0.4, 0.5) is 11.4 Å². The van der Waals surface area contributed by atoms with Crippen molar-refractivity contribution >= 4 is 22.5 Å². The monoisotopic (exact) mass is 282 g/mol. The van der Waals surface area contributed by atoms with Crippen LogP contribution in [0, 0.1) is 34.1 Å². The summed E-state index contributed by atoms with van der Waals surface area (Å²) in [5.41, 5.74) is -1.39. The maximum Gasteiger partial charge on any atom is 1.00 e. The molecule has 1 rings (SSSR count). The molecule has 1 atom stereocenters. The molecule has 18 heavy (non-hydrogen) atoms. The van der Waals surface area contributed by atoms with Gasteiger partial charge in [0.05, 0.1) is 9.85 Å². The van der Waals surface area contributed by atoms with Gasteiger partial charge in [-0.15, -0.1) is 0 Å². The molecular weight excluding hydrogens is 275 g/mol. The van der Waals surface area contributed by atoms with Crippen molar-refractivity contribution in [3.8, 4) is 0 Å². The Morgan fingerprint density at radius 3 is 1.94 bits per heavy atom. The molecule has 92 valence electrons. The summed E-state index contributed by atoms with van der Waals surface area (Å²) in [4.78, 5) is 19.3. The Morgan fingerprint density at radius 2 is 1.61 bits per heavy atom. The van der Waals surface area contributed by atoms with E-state index in [1.54, 1.807) is 0 Å². The molecule has 0 saturated carbocycles. The topological polar surface area (TPSA) is 126 Å². The van der Waals surface area contributed by atoms with Crippen LogP contribution in [0.5, 0.6) is 0 Å². The van der Waals surface area contributed by atoms with Crippen molar-refractivity contribution in [3.05, 3.63) is 37.4 Å². The van der Waals surface area contributed by atoms with Crippen LogP contribution >= 0.6 is 0 Å². The average molecular weight is 282 g/mol. The minimum Gasteiger partial charge on any atom is -0.768 e. The van der Waals surface area contributed by atoms with E-state index in [4.69, 9.17) is 0 Å². The summed E-state index contributed by atoms with van der Waals surface area (Å²) in [7, 11) is 0. The second-order valence-corrected chi connectivity index (χ2v) is 4.15. The Morgan fingerprint density at radius 1 is 1.11 bits per heavy atom. The van der Waals surface area contributed by atoms with Crippen LogP contribution in [0.2, 0.25) is 0 Å². The summed E-state index contributed by atoms with van der Waals surface area (Å²) in [5.74, 6) is 0. The van der Waals surface area contributed by atoms with Gasteiger partial charge >= 0.3 is 29.6 Å². The fraction of sp³-hybridized carbons (Fsp3) is 0.250. The van der Waals surface area contributed by atoms with Gasteiger partial charge in [-0.25, -0.2) is 0 Å².